The van der Waals surface area contributed by atoms with Gasteiger partial charge in [-0.1, -0.05) is 6.92 Å². The van der Waals surface area contributed by atoms with Crippen LogP contribution in [0.5, 0.6) is 0 Å². The number of carbonyl (C=O) groups excluding carboxylic acids is 2. The van der Waals surface area contributed by atoms with Crippen molar-refractivity contribution in [3.05, 3.63) is 0 Å². The molecule has 78 valence electrons. The molecule has 1 aliphatic rings. The van der Waals surface area contributed by atoms with E-state index in [0.29, 0.717) is 0 Å². The Morgan fingerprint density at radius 2 is 2.29 bits per heavy atom. The summed E-state index contributed by atoms with van der Waals surface area (Å²) in [4.78, 5) is 33.9. The number of carboxylic acid groups (broad SMARTS) is 1. The monoisotopic (exact) mass is 200 g/mol. The highest BCUT2D eigenvalue weighted by atomic mass is 16.4. The van der Waals surface area contributed by atoms with Gasteiger partial charge in [0, 0.05) is 6.54 Å². The quantitative estimate of drug-likeness (QED) is 0.590. The number of nitrogens with one attached hydrogen (secondary N) is 1. The van der Waals surface area contributed by atoms with Crippen LogP contribution >= 0.6 is 0 Å². The zero-order chi connectivity index (χ0) is 10.7. The first-order chi connectivity index (χ1) is 6.50. The third-order valence-corrected chi connectivity index (χ3v) is 2.04. The van der Waals surface area contributed by atoms with Gasteiger partial charge in [0.15, 0.2) is 0 Å². The standard InChI is InChI=1S/C8H12N2O4/c1-5(8(13)14)3-10-4-6(11)9-2-7(10)12/h5H,2-4H2,1H3,(H,9,11)(H,13,14). The number of aliphatic carboxylic acids is 1. The van der Waals surface area contributed by atoms with Gasteiger partial charge in [-0.2, -0.15) is 0 Å². The minimum Gasteiger partial charge on any atom is -0.481 e. The number of carboxylic acids is 1. The average Bonchev–Trinajstić information content (AvgIpc) is 2.11. The lowest BCUT2D eigenvalue weighted by Crippen LogP contribution is -2.53. The van der Waals surface area contributed by atoms with E-state index >= 15 is 0 Å². The first-order valence-corrected chi connectivity index (χ1v) is 4.28. The van der Waals surface area contributed by atoms with Crippen molar-refractivity contribution >= 4 is 17.8 Å². The van der Waals surface area contributed by atoms with Gasteiger partial charge in [-0.05, 0) is 0 Å². The van der Waals surface area contributed by atoms with Gasteiger partial charge in [0.1, 0.15) is 0 Å². The molecular weight excluding hydrogens is 188 g/mol. The minimum absolute atomic E-state index is 0.0365. The number of nitrogens with zero attached hydrogens (tertiary/aromatic N) is 1. The van der Waals surface area contributed by atoms with Crippen LogP contribution in [-0.2, 0) is 14.4 Å². The molecule has 1 saturated heterocycles. The lowest BCUT2D eigenvalue weighted by atomic mass is 10.1. The molecule has 0 aliphatic carbocycles. The Hall–Kier alpha value is -1.59. The maximum absolute atomic E-state index is 11.2. The van der Waals surface area contributed by atoms with Gasteiger partial charge in [0.2, 0.25) is 11.8 Å². The van der Waals surface area contributed by atoms with E-state index in [1.54, 1.807) is 0 Å². The SMILES string of the molecule is CC(CN1CC(=O)NCC1=O)C(=O)O. The van der Waals surface area contributed by atoms with Gasteiger partial charge in [0.25, 0.3) is 0 Å². The lowest BCUT2D eigenvalue weighted by molar-refractivity contribution is -0.146. The van der Waals surface area contributed by atoms with Crippen molar-refractivity contribution in [1.29, 1.82) is 0 Å². The van der Waals surface area contributed by atoms with Gasteiger partial charge >= 0.3 is 5.97 Å². The fourth-order valence-electron chi connectivity index (χ4n) is 1.18. The van der Waals surface area contributed by atoms with Crippen LogP contribution in [0.15, 0.2) is 0 Å². The molecule has 0 spiro atoms. The van der Waals surface area contributed by atoms with E-state index in [9.17, 15) is 14.4 Å². The fraction of sp³-hybridized carbons (Fsp3) is 0.625. The van der Waals surface area contributed by atoms with Gasteiger partial charge in [-0.15, -0.1) is 0 Å². The van der Waals surface area contributed by atoms with E-state index in [1.807, 2.05) is 0 Å². The van der Waals surface area contributed by atoms with E-state index in [0.717, 1.165) is 0 Å². The number of hydrogen-bond donors (Lipinski definition) is 2. The van der Waals surface area contributed by atoms with E-state index in [1.165, 1.54) is 11.8 Å². The predicted molar refractivity (Wildman–Crippen MR) is 46.4 cm³/mol. The van der Waals surface area contributed by atoms with Crippen LogP contribution < -0.4 is 5.32 Å². The molecule has 6 nitrogen and oxygen atoms in total. The Kier molecular flexibility index (Phi) is 3.06. The van der Waals surface area contributed by atoms with E-state index in [-0.39, 0.29) is 31.4 Å². The van der Waals surface area contributed by atoms with Gasteiger partial charge in [-0.3, -0.25) is 14.4 Å². The van der Waals surface area contributed by atoms with Crippen LogP contribution in [0, 0.1) is 5.92 Å². The molecule has 1 atom stereocenters. The smallest absolute Gasteiger partial charge is 0.308 e. The van der Waals surface area contributed by atoms with Gasteiger partial charge in [0.05, 0.1) is 19.0 Å². The molecule has 14 heavy (non-hydrogen) atoms. The number of rotatable bonds is 3. The Bertz CT molecular complexity index is 277. The lowest BCUT2D eigenvalue weighted by Gasteiger charge is -2.27. The minimum atomic E-state index is -0.969. The molecule has 0 aromatic rings. The second-order valence-corrected chi connectivity index (χ2v) is 3.29. The molecule has 6 heteroatoms. The highest BCUT2D eigenvalue weighted by Crippen LogP contribution is 2.02. The first-order valence-electron chi connectivity index (χ1n) is 4.28. The third kappa shape index (κ3) is 2.45. The highest BCUT2D eigenvalue weighted by molar-refractivity contribution is 5.92. The summed E-state index contributed by atoms with van der Waals surface area (Å²) < 4.78 is 0. The van der Waals surface area contributed by atoms with Crippen molar-refractivity contribution in [3.63, 3.8) is 0 Å². The summed E-state index contributed by atoms with van der Waals surface area (Å²) >= 11 is 0. The summed E-state index contributed by atoms with van der Waals surface area (Å²) in [5, 5.41) is 11.0. The van der Waals surface area contributed by atoms with Crippen LogP contribution in [0.25, 0.3) is 0 Å². The van der Waals surface area contributed by atoms with Gasteiger partial charge < -0.3 is 15.3 Å². The van der Waals surface area contributed by atoms with Crippen LogP contribution in [0.4, 0.5) is 0 Å². The van der Waals surface area contributed by atoms with Crippen molar-refractivity contribution in [2.75, 3.05) is 19.6 Å². The third-order valence-electron chi connectivity index (χ3n) is 2.04. The zero-order valence-corrected chi connectivity index (χ0v) is 7.82. The summed E-state index contributed by atoms with van der Waals surface area (Å²) in [5.74, 6) is -2.10. The predicted octanol–water partition coefficient (Wildman–Crippen LogP) is -1.33. The van der Waals surface area contributed by atoms with Crippen molar-refractivity contribution in [3.8, 4) is 0 Å². The van der Waals surface area contributed by atoms with Crippen molar-refractivity contribution in [2.45, 2.75) is 6.92 Å². The van der Waals surface area contributed by atoms with Crippen LogP contribution in [-0.4, -0.2) is 47.4 Å². The second kappa shape index (κ2) is 4.08. The molecule has 2 N–H and O–H groups in total. The molecule has 0 radical (unpaired) electrons. The van der Waals surface area contributed by atoms with E-state index in [4.69, 9.17) is 5.11 Å². The van der Waals surface area contributed by atoms with Crippen LogP contribution in [0.2, 0.25) is 0 Å². The number of carbonyl (C=O) groups is 3. The van der Waals surface area contributed by atoms with Crippen molar-refractivity contribution in [1.82, 2.24) is 10.2 Å². The number of piperazine rings is 1. The maximum atomic E-state index is 11.2. The largest absolute Gasteiger partial charge is 0.481 e. The molecule has 1 unspecified atom stereocenters. The Labute approximate surface area is 80.9 Å². The Balaban J connectivity index is 2.53. The summed E-state index contributed by atoms with van der Waals surface area (Å²) in [5.41, 5.74) is 0. The summed E-state index contributed by atoms with van der Waals surface area (Å²) in [7, 11) is 0. The molecule has 0 aromatic carbocycles. The topological polar surface area (TPSA) is 86.7 Å². The number of amides is 2. The van der Waals surface area contributed by atoms with Crippen LogP contribution in [0.1, 0.15) is 6.92 Å². The fourth-order valence-corrected chi connectivity index (χ4v) is 1.18. The highest BCUT2D eigenvalue weighted by Gasteiger charge is 2.26. The summed E-state index contributed by atoms with van der Waals surface area (Å²) in [6.07, 6.45) is 0. The molecule has 1 aliphatic heterocycles. The Morgan fingerprint density at radius 1 is 1.64 bits per heavy atom. The maximum Gasteiger partial charge on any atom is 0.308 e. The molecule has 0 saturated carbocycles. The average molecular weight is 200 g/mol. The van der Waals surface area contributed by atoms with E-state index in [2.05, 4.69) is 5.32 Å². The normalized spacial score (nSPS) is 19.1. The molecule has 0 aromatic heterocycles. The molecule has 1 fully saturated rings. The summed E-state index contributed by atoms with van der Waals surface area (Å²) in [6, 6.07) is 0. The number of hydrogen-bond acceptors (Lipinski definition) is 3. The molecular formula is C8H12N2O4. The molecule has 1 heterocycles. The summed E-state index contributed by atoms with van der Waals surface area (Å²) in [6.45, 7) is 1.51. The Morgan fingerprint density at radius 3 is 2.86 bits per heavy atom. The van der Waals surface area contributed by atoms with E-state index < -0.39 is 11.9 Å². The van der Waals surface area contributed by atoms with Crippen molar-refractivity contribution < 1.29 is 19.5 Å². The molecule has 2 amide bonds. The van der Waals surface area contributed by atoms with Gasteiger partial charge in [-0.25, -0.2) is 0 Å². The van der Waals surface area contributed by atoms with Crippen molar-refractivity contribution in [2.24, 2.45) is 5.92 Å². The molecule has 1 rings (SSSR count). The molecule has 0 bridgehead atoms. The first kappa shape index (κ1) is 10.5. The zero-order valence-electron chi connectivity index (χ0n) is 7.82. The van der Waals surface area contributed by atoms with Crippen LogP contribution in [0.3, 0.4) is 0 Å². The second-order valence-electron chi connectivity index (χ2n) is 3.29.